The molecule has 0 aromatic heterocycles. The molecule has 0 spiro atoms. The molecule has 9 nitrogen and oxygen atoms in total. The van der Waals surface area contributed by atoms with Crippen LogP contribution < -0.4 is 19.1 Å². The van der Waals surface area contributed by atoms with Crippen LogP contribution in [0.4, 0.5) is 5.69 Å². The lowest BCUT2D eigenvalue weighted by atomic mass is 10.1. The van der Waals surface area contributed by atoms with Crippen molar-refractivity contribution in [3.05, 3.63) is 82.9 Å². The van der Waals surface area contributed by atoms with E-state index in [-0.39, 0.29) is 23.0 Å². The molecule has 0 heterocycles. The Labute approximate surface area is 253 Å². The van der Waals surface area contributed by atoms with Crippen LogP contribution in [-0.4, -0.2) is 57.5 Å². The van der Waals surface area contributed by atoms with Gasteiger partial charge in [-0.1, -0.05) is 41.4 Å². The molecular formula is C31H38ClN3O6S. The fraction of sp³-hybridized carbons (Fsp3) is 0.355. The van der Waals surface area contributed by atoms with Gasteiger partial charge in [-0.15, -0.1) is 0 Å². The number of nitrogens with zero attached hydrogens (tertiary/aromatic N) is 2. The first kappa shape index (κ1) is 32.8. The molecule has 0 saturated carbocycles. The number of nitrogens with one attached hydrogen (secondary N) is 1. The van der Waals surface area contributed by atoms with E-state index < -0.39 is 34.1 Å². The Kier molecular flexibility index (Phi) is 10.5. The van der Waals surface area contributed by atoms with Gasteiger partial charge in [-0.2, -0.15) is 0 Å². The molecule has 0 radical (unpaired) electrons. The third kappa shape index (κ3) is 8.17. The number of methoxy groups -OCH3 is 2. The zero-order chi connectivity index (χ0) is 31.2. The van der Waals surface area contributed by atoms with Gasteiger partial charge < -0.3 is 19.7 Å². The van der Waals surface area contributed by atoms with E-state index in [2.05, 4.69) is 5.32 Å². The second-order valence-electron chi connectivity index (χ2n) is 10.9. The van der Waals surface area contributed by atoms with Gasteiger partial charge in [0.15, 0.2) is 11.5 Å². The first-order valence-electron chi connectivity index (χ1n) is 13.3. The van der Waals surface area contributed by atoms with Crippen molar-refractivity contribution in [3.8, 4) is 11.5 Å². The number of amides is 2. The molecule has 3 aromatic carbocycles. The van der Waals surface area contributed by atoms with Crippen LogP contribution in [-0.2, 0) is 26.2 Å². The van der Waals surface area contributed by atoms with Gasteiger partial charge in [0, 0.05) is 23.2 Å². The molecule has 0 saturated heterocycles. The molecule has 2 amide bonds. The lowest BCUT2D eigenvalue weighted by Gasteiger charge is -2.33. The van der Waals surface area contributed by atoms with Crippen molar-refractivity contribution in [3.63, 3.8) is 0 Å². The van der Waals surface area contributed by atoms with Gasteiger partial charge in [-0.25, -0.2) is 8.42 Å². The highest BCUT2D eigenvalue weighted by atomic mass is 35.5. The van der Waals surface area contributed by atoms with E-state index in [0.717, 1.165) is 15.4 Å². The molecule has 0 unspecified atom stereocenters. The highest BCUT2D eigenvalue weighted by Gasteiger charge is 2.33. The Morgan fingerprint density at radius 2 is 1.52 bits per heavy atom. The lowest BCUT2D eigenvalue weighted by molar-refractivity contribution is -0.140. The van der Waals surface area contributed by atoms with E-state index in [4.69, 9.17) is 21.1 Å². The number of anilines is 1. The molecule has 1 atom stereocenters. The van der Waals surface area contributed by atoms with Gasteiger partial charge in [0.05, 0.1) is 24.8 Å². The largest absolute Gasteiger partial charge is 0.493 e. The first-order chi connectivity index (χ1) is 19.7. The van der Waals surface area contributed by atoms with E-state index in [1.54, 1.807) is 55.5 Å². The summed E-state index contributed by atoms with van der Waals surface area (Å²) in [5.74, 6) is -0.254. The first-order valence-corrected chi connectivity index (χ1v) is 15.2. The third-order valence-electron chi connectivity index (χ3n) is 6.47. The summed E-state index contributed by atoms with van der Waals surface area (Å²) >= 11 is 6.06. The zero-order valence-electron chi connectivity index (χ0n) is 25.0. The summed E-state index contributed by atoms with van der Waals surface area (Å²) in [6, 6.07) is 17.0. The summed E-state index contributed by atoms with van der Waals surface area (Å²) in [7, 11) is -1.31. The molecule has 0 aliphatic rings. The number of benzene rings is 3. The third-order valence-corrected chi connectivity index (χ3v) is 8.51. The lowest BCUT2D eigenvalue weighted by Crippen LogP contribution is -2.54. The topological polar surface area (TPSA) is 105 Å². The number of halogens is 1. The Hall–Kier alpha value is -3.76. The van der Waals surface area contributed by atoms with Crippen LogP contribution in [0.25, 0.3) is 0 Å². The molecule has 0 aliphatic carbocycles. The maximum Gasteiger partial charge on any atom is 0.264 e. The number of ether oxygens (including phenoxy) is 2. The summed E-state index contributed by atoms with van der Waals surface area (Å²) in [4.78, 5) is 28.7. The van der Waals surface area contributed by atoms with Crippen LogP contribution in [0.3, 0.4) is 0 Å². The Morgan fingerprint density at radius 1 is 0.929 bits per heavy atom. The van der Waals surface area contributed by atoms with Gasteiger partial charge >= 0.3 is 0 Å². The number of carbonyl (C=O) groups excluding carboxylic acids is 2. The summed E-state index contributed by atoms with van der Waals surface area (Å²) < 4.78 is 39.8. The van der Waals surface area contributed by atoms with Crippen LogP contribution in [0.2, 0.25) is 5.02 Å². The van der Waals surface area contributed by atoms with Crippen molar-refractivity contribution in [1.29, 1.82) is 0 Å². The van der Waals surface area contributed by atoms with Gasteiger partial charge in [0.25, 0.3) is 10.0 Å². The molecule has 3 rings (SSSR count). The average molecular weight is 616 g/mol. The van der Waals surface area contributed by atoms with Crippen LogP contribution in [0.1, 0.15) is 38.8 Å². The van der Waals surface area contributed by atoms with Crippen LogP contribution in [0.5, 0.6) is 11.5 Å². The minimum absolute atomic E-state index is 0.0125. The van der Waals surface area contributed by atoms with Crippen LogP contribution in [0.15, 0.2) is 71.6 Å². The van der Waals surface area contributed by atoms with Crippen molar-refractivity contribution in [2.75, 3.05) is 25.1 Å². The summed E-state index contributed by atoms with van der Waals surface area (Å²) in [6.07, 6.45) is 0. The Bertz CT molecular complexity index is 1500. The standard InChI is InChI=1S/C31H38ClN3O6S/c1-21-8-15-26(16-9-21)42(38,39)35(25-14-17-27(40-6)28(18-25)41-7)20-29(36)34(19-23-10-12-24(32)13-11-23)22(2)30(37)33-31(3,4)5/h8-18,22H,19-20H2,1-7H3,(H,33,37)/t22-/m0/s1. The normalized spacial score (nSPS) is 12.3. The quantitative estimate of drug-likeness (QED) is 0.318. The van der Waals surface area contributed by atoms with Crippen LogP contribution >= 0.6 is 11.6 Å². The van der Waals surface area contributed by atoms with Crippen molar-refractivity contribution in [2.24, 2.45) is 0 Å². The van der Waals surface area contributed by atoms with E-state index in [9.17, 15) is 18.0 Å². The zero-order valence-corrected chi connectivity index (χ0v) is 26.5. The molecular weight excluding hydrogens is 578 g/mol. The molecule has 226 valence electrons. The van der Waals surface area contributed by atoms with Crippen molar-refractivity contribution < 1.29 is 27.5 Å². The van der Waals surface area contributed by atoms with E-state index in [1.165, 1.54) is 37.3 Å². The van der Waals surface area contributed by atoms with Crippen molar-refractivity contribution in [2.45, 2.75) is 57.6 Å². The van der Waals surface area contributed by atoms with Gasteiger partial charge in [0.1, 0.15) is 12.6 Å². The number of aryl methyl sites for hydroxylation is 1. The predicted molar refractivity (Wildman–Crippen MR) is 165 cm³/mol. The highest BCUT2D eigenvalue weighted by molar-refractivity contribution is 7.92. The number of rotatable bonds is 11. The molecule has 3 aromatic rings. The summed E-state index contributed by atoms with van der Waals surface area (Å²) in [5, 5.41) is 3.43. The Balaban J connectivity index is 2.09. The summed E-state index contributed by atoms with van der Waals surface area (Å²) in [6.45, 7) is 8.47. The molecule has 0 bridgehead atoms. The minimum Gasteiger partial charge on any atom is -0.493 e. The maximum absolute atomic E-state index is 14.1. The van der Waals surface area contributed by atoms with Gasteiger partial charge in [0.2, 0.25) is 11.8 Å². The Morgan fingerprint density at radius 3 is 2.07 bits per heavy atom. The van der Waals surface area contributed by atoms with E-state index in [0.29, 0.717) is 16.5 Å². The molecule has 42 heavy (non-hydrogen) atoms. The number of hydrogen-bond donors (Lipinski definition) is 1. The monoisotopic (exact) mass is 615 g/mol. The van der Waals surface area contributed by atoms with Crippen molar-refractivity contribution >= 4 is 39.1 Å². The predicted octanol–water partition coefficient (Wildman–Crippen LogP) is 5.19. The van der Waals surface area contributed by atoms with Gasteiger partial charge in [-0.05, 0) is 76.6 Å². The van der Waals surface area contributed by atoms with Crippen LogP contribution in [0, 0.1) is 6.92 Å². The fourth-order valence-corrected chi connectivity index (χ4v) is 5.72. The molecule has 0 aliphatic heterocycles. The number of hydrogen-bond acceptors (Lipinski definition) is 6. The summed E-state index contributed by atoms with van der Waals surface area (Å²) in [5.41, 5.74) is 1.26. The highest BCUT2D eigenvalue weighted by Crippen LogP contribution is 2.34. The van der Waals surface area contributed by atoms with E-state index >= 15 is 0 Å². The average Bonchev–Trinajstić information content (AvgIpc) is 2.94. The number of sulfonamides is 1. The second kappa shape index (κ2) is 13.5. The minimum atomic E-state index is -4.23. The van der Waals surface area contributed by atoms with Crippen molar-refractivity contribution in [1.82, 2.24) is 10.2 Å². The number of carbonyl (C=O) groups is 2. The second-order valence-corrected chi connectivity index (χ2v) is 13.2. The fourth-order valence-electron chi connectivity index (χ4n) is 4.19. The smallest absolute Gasteiger partial charge is 0.264 e. The molecule has 0 fully saturated rings. The molecule has 1 N–H and O–H groups in total. The van der Waals surface area contributed by atoms with Gasteiger partial charge in [-0.3, -0.25) is 13.9 Å². The van der Waals surface area contributed by atoms with E-state index in [1.807, 2.05) is 27.7 Å². The molecule has 11 heteroatoms. The maximum atomic E-state index is 14.1. The SMILES string of the molecule is COc1ccc(N(CC(=O)N(Cc2ccc(Cl)cc2)[C@@H](C)C(=O)NC(C)(C)C)S(=O)(=O)c2ccc(C)cc2)cc1OC.